The van der Waals surface area contributed by atoms with Crippen LogP contribution in [0.4, 0.5) is 0 Å². The first-order valence-electron chi connectivity index (χ1n) is 4.49. The van der Waals surface area contributed by atoms with E-state index in [0.29, 0.717) is 0 Å². The van der Waals surface area contributed by atoms with Crippen molar-refractivity contribution >= 4 is 22.9 Å². The van der Waals surface area contributed by atoms with Crippen LogP contribution in [0.1, 0.15) is 15.4 Å². The van der Waals surface area contributed by atoms with Crippen molar-refractivity contribution in [2.24, 2.45) is 0 Å². The highest BCUT2D eigenvalue weighted by atomic mass is 35.5. The van der Waals surface area contributed by atoms with Gasteiger partial charge in [-0.15, -0.1) is 11.3 Å². The molecule has 1 heterocycles. The molecule has 1 aliphatic rings. The van der Waals surface area contributed by atoms with Crippen LogP contribution < -0.4 is 0 Å². The van der Waals surface area contributed by atoms with Gasteiger partial charge in [0.2, 0.25) is 0 Å². The molecule has 0 spiro atoms. The highest BCUT2D eigenvalue weighted by Crippen LogP contribution is 2.39. The normalized spacial score (nSPS) is 12.7. The Labute approximate surface area is 91.4 Å². The fourth-order valence-electron chi connectivity index (χ4n) is 1.91. The molecule has 2 aromatic rings. The summed E-state index contributed by atoms with van der Waals surface area (Å²) in [6, 6.07) is 6.05. The second-order valence-electron chi connectivity index (χ2n) is 3.48. The molecule has 1 aliphatic carbocycles. The number of hydrogen-bond acceptors (Lipinski definition) is 2. The van der Waals surface area contributed by atoms with Crippen molar-refractivity contribution in [2.45, 2.75) is 13.3 Å². The molecule has 14 heavy (non-hydrogen) atoms. The van der Waals surface area contributed by atoms with Crippen molar-refractivity contribution in [3.05, 3.63) is 38.7 Å². The zero-order chi connectivity index (χ0) is 9.71. The lowest BCUT2D eigenvalue weighted by Crippen LogP contribution is -1.80. The lowest BCUT2D eigenvalue weighted by Gasteiger charge is -1.98. The maximum atomic E-state index is 5.95. The fraction of sp³-hybridized carbons (Fsp3) is 0.182. The second kappa shape index (κ2) is 2.81. The SMILES string of the molecule is Cc1nc2c(s1)Cc1cc(Cl)ccc1-2. The predicted molar refractivity (Wildman–Crippen MR) is 60.1 cm³/mol. The molecular weight excluding hydrogens is 214 g/mol. The van der Waals surface area contributed by atoms with Gasteiger partial charge in [-0.1, -0.05) is 17.7 Å². The average Bonchev–Trinajstić information content (AvgIpc) is 2.59. The molecule has 0 unspecified atom stereocenters. The fourth-order valence-corrected chi connectivity index (χ4v) is 3.08. The van der Waals surface area contributed by atoms with Gasteiger partial charge < -0.3 is 0 Å². The Balaban J connectivity index is 2.25. The molecule has 0 saturated heterocycles. The first-order chi connectivity index (χ1) is 6.74. The first-order valence-corrected chi connectivity index (χ1v) is 5.68. The molecule has 70 valence electrons. The summed E-state index contributed by atoms with van der Waals surface area (Å²) in [6.07, 6.45) is 0.997. The predicted octanol–water partition coefficient (Wildman–Crippen LogP) is 3.68. The van der Waals surface area contributed by atoms with Gasteiger partial charge in [0.15, 0.2) is 0 Å². The van der Waals surface area contributed by atoms with Gasteiger partial charge in [-0.05, 0) is 24.6 Å². The molecule has 0 radical (unpaired) electrons. The Bertz CT molecular complexity index is 516. The third-order valence-electron chi connectivity index (χ3n) is 2.48. The van der Waals surface area contributed by atoms with Crippen LogP contribution in [0.25, 0.3) is 11.3 Å². The van der Waals surface area contributed by atoms with Crippen LogP contribution in [-0.2, 0) is 6.42 Å². The number of halogens is 1. The van der Waals surface area contributed by atoms with E-state index in [1.807, 2.05) is 12.1 Å². The summed E-state index contributed by atoms with van der Waals surface area (Å²) in [4.78, 5) is 5.91. The summed E-state index contributed by atoms with van der Waals surface area (Å²) in [6.45, 7) is 2.05. The van der Waals surface area contributed by atoms with Gasteiger partial charge in [-0.3, -0.25) is 0 Å². The molecule has 0 aliphatic heterocycles. The maximum absolute atomic E-state index is 5.95. The third-order valence-corrected chi connectivity index (χ3v) is 3.68. The van der Waals surface area contributed by atoms with Gasteiger partial charge in [0, 0.05) is 21.9 Å². The average molecular weight is 222 g/mol. The lowest BCUT2D eigenvalue weighted by atomic mass is 10.1. The summed E-state index contributed by atoms with van der Waals surface area (Å²) in [7, 11) is 0. The number of fused-ring (bicyclic) bond motifs is 3. The van der Waals surface area contributed by atoms with E-state index in [-0.39, 0.29) is 0 Å². The number of benzene rings is 1. The van der Waals surface area contributed by atoms with E-state index in [9.17, 15) is 0 Å². The largest absolute Gasteiger partial charge is 0.241 e. The van der Waals surface area contributed by atoms with Crippen LogP contribution in [0, 0.1) is 6.92 Å². The summed E-state index contributed by atoms with van der Waals surface area (Å²) < 4.78 is 0. The maximum Gasteiger partial charge on any atom is 0.0904 e. The Hall–Kier alpha value is -0.860. The van der Waals surface area contributed by atoms with Crippen molar-refractivity contribution in [1.29, 1.82) is 0 Å². The highest BCUT2D eigenvalue weighted by Gasteiger charge is 2.22. The summed E-state index contributed by atoms with van der Waals surface area (Å²) >= 11 is 7.73. The van der Waals surface area contributed by atoms with E-state index in [1.54, 1.807) is 11.3 Å². The molecule has 0 bridgehead atoms. The van der Waals surface area contributed by atoms with E-state index in [1.165, 1.54) is 21.7 Å². The summed E-state index contributed by atoms with van der Waals surface area (Å²) in [5.74, 6) is 0. The van der Waals surface area contributed by atoms with Crippen LogP contribution in [-0.4, -0.2) is 4.98 Å². The summed E-state index contributed by atoms with van der Waals surface area (Å²) in [5, 5.41) is 1.96. The van der Waals surface area contributed by atoms with E-state index < -0.39 is 0 Å². The van der Waals surface area contributed by atoms with Gasteiger partial charge >= 0.3 is 0 Å². The van der Waals surface area contributed by atoms with Crippen molar-refractivity contribution < 1.29 is 0 Å². The van der Waals surface area contributed by atoms with Gasteiger partial charge in [0.25, 0.3) is 0 Å². The monoisotopic (exact) mass is 221 g/mol. The minimum absolute atomic E-state index is 0.815. The zero-order valence-corrected chi connectivity index (χ0v) is 9.25. The van der Waals surface area contributed by atoms with E-state index >= 15 is 0 Å². The van der Waals surface area contributed by atoms with E-state index in [4.69, 9.17) is 11.6 Å². The minimum Gasteiger partial charge on any atom is -0.241 e. The van der Waals surface area contributed by atoms with Gasteiger partial charge in [-0.2, -0.15) is 0 Å². The topological polar surface area (TPSA) is 12.9 Å². The minimum atomic E-state index is 0.815. The molecule has 1 aromatic heterocycles. The van der Waals surface area contributed by atoms with Crippen molar-refractivity contribution in [3.63, 3.8) is 0 Å². The quantitative estimate of drug-likeness (QED) is 0.565. The molecule has 3 rings (SSSR count). The summed E-state index contributed by atoms with van der Waals surface area (Å²) in [5.41, 5.74) is 3.74. The first kappa shape index (κ1) is 8.45. The second-order valence-corrected chi connectivity index (χ2v) is 5.21. The van der Waals surface area contributed by atoms with Gasteiger partial charge in [0.1, 0.15) is 0 Å². The van der Waals surface area contributed by atoms with Gasteiger partial charge in [0.05, 0.1) is 10.7 Å². The van der Waals surface area contributed by atoms with Crippen LogP contribution >= 0.6 is 22.9 Å². The molecule has 1 aromatic carbocycles. The van der Waals surface area contributed by atoms with Crippen LogP contribution in [0.3, 0.4) is 0 Å². The number of aromatic nitrogens is 1. The Kier molecular flexibility index (Phi) is 1.70. The Morgan fingerprint density at radius 3 is 3.14 bits per heavy atom. The standard InChI is InChI=1S/C11H8ClNS/c1-6-13-11-9-3-2-8(12)4-7(9)5-10(11)14-6/h2-4H,5H2,1H3. The molecule has 0 fully saturated rings. The third kappa shape index (κ3) is 1.11. The molecule has 1 nitrogen and oxygen atoms in total. The number of rotatable bonds is 0. The molecule has 0 amide bonds. The lowest BCUT2D eigenvalue weighted by molar-refractivity contribution is 1.29. The van der Waals surface area contributed by atoms with Crippen LogP contribution in [0.5, 0.6) is 0 Å². The molecule has 0 saturated carbocycles. The van der Waals surface area contributed by atoms with Crippen molar-refractivity contribution in [3.8, 4) is 11.3 Å². The molecular formula is C11H8ClNS. The molecule has 0 N–H and O–H groups in total. The number of thiazole rings is 1. The number of hydrogen-bond donors (Lipinski definition) is 0. The van der Waals surface area contributed by atoms with E-state index in [2.05, 4.69) is 18.0 Å². The van der Waals surface area contributed by atoms with Gasteiger partial charge in [-0.25, -0.2) is 4.98 Å². The Morgan fingerprint density at radius 2 is 2.29 bits per heavy atom. The van der Waals surface area contributed by atoms with Crippen LogP contribution in [0.2, 0.25) is 5.02 Å². The number of aryl methyl sites for hydroxylation is 1. The molecule has 3 heteroatoms. The molecule has 0 atom stereocenters. The number of nitrogens with zero attached hydrogens (tertiary/aromatic N) is 1. The Morgan fingerprint density at radius 1 is 1.43 bits per heavy atom. The smallest absolute Gasteiger partial charge is 0.0904 e. The van der Waals surface area contributed by atoms with Crippen molar-refractivity contribution in [2.75, 3.05) is 0 Å². The highest BCUT2D eigenvalue weighted by molar-refractivity contribution is 7.12. The van der Waals surface area contributed by atoms with Crippen LogP contribution in [0.15, 0.2) is 18.2 Å². The van der Waals surface area contributed by atoms with Crippen molar-refractivity contribution in [1.82, 2.24) is 4.98 Å². The zero-order valence-electron chi connectivity index (χ0n) is 7.67. The van der Waals surface area contributed by atoms with E-state index in [0.717, 1.165) is 16.5 Å².